The third-order valence-electron chi connectivity index (χ3n) is 5.73. The molecule has 2 aromatic carbocycles. The first-order valence-electron chi connectivity index (χ1n) is 10.4. The van der Waals surface area contributed by atoms with Crippen LogP contribution in [0.5, 0.6) is 0 Å². The summed E-state index contributed by atoms with van der Waals surface area (Å²) in [4.78, 5) is 37.2. The van der Waals surface area contributed by atoms with Crippen molar-refractivity contribution in [3.8, 4) is 11.1 Å². The number of thioether (sulfide) groups is 1. The first kappa shape index (κ1) is 22.0. The number of nitrogens with zero attached hydrogens (tertiary/aromatic N) is 1. The van der Waals surface area contributed by atoms with Gasteiger partial charge in [0.1, 0.15) is 12.6 Å². The Balaban J connectivity index is 1.29. The van der Waals surface area contributed by atoms with Gasteiger partial charge in [0.2, 0.25) is 5.91 Å². The second-order valence-corrected chi connectivity index (χ2v) is 8.99. The Morgan fingerprint density at radius 1 is 1.12 bits per heavy atom. The molecule has 7 nitrogen and oxygen atoms in total. The molecule has 2 unspecified atom stereocenters. The number of hydrogen-bond acceptors (Lipinski definition) is 5. The highest BCUT2D eigenvalue weighted by Gasteiger charge is 2.38. The molecular formula is C24H24N2O5S. The van der Waals surface area contributed by atoms with E-state index in [1.54, 1.807) is 6.92 Å². The minimum Gasteiger partial charge on any atom is -0.480 e. The Morgan fingerprint density at radius 2 is 1.75 bits per heavy atom. The van der Waals surface area contributed by atoms with E-state index in [1.807, 2.05) is 24.3 Å². The van der Waals surface area contributed by atoms with Gasteiger partial charge in [-0.3, -0.25) is 4.79 Å². The molecule has 2 N–H and O–H groups in total. The van der Waals surface area contributed by atoms with Gasteiger partial charge in [0.05, 0.1) is 5.37 Å². The molecule has 8 heteroatoms. The molecule has 0 aromatic heterocycles. The van der Waals surface area contributed by atoms with E-state index < -0.39 is 18.1 Å². The van der Waals surface area contributed by atoms with Crippen LogP contribution in [0.4, 0.5) is 4.79 Å². The van der Waals surface area contributed by atoms with Crippen molar-refractivity contribution < 1.29 is 24.2 Å². The summed E-state index contributed by atoms with van der Waals surface area (Å²) in [6.45, 7) is 2.12. The predicted molar refractivity (Wildman–Crippen MR) is 122 cm³/mol. The van der Waals surface area contributed by atoms with Crippen LogP contribution in [0.2, 0.25) is 0 Å². The molecular weight excluding hydrogens is 428 g/mol. The molecule has 0 spiro atoms. The minimum absolute atomic E-state index is 0.0209. The maximum atomic E-state index is 12.4. The van der Waals surface area contributed by atoms with E-state index >= 15 is 0 Å². The second kappa shape index (κ2) is 9.48. The number of carboxylic acids is 1. The lowest BCUT2D eigenvalue weighted by atomic mass is 9.98. The molecule has 166 valence electrons. The minimum atomic E-state index is -1.01. The number of rotatable bonds is 6. The van der Waals surface area contributed by atoms with Gasteiger partial charge in [0.25, 0.3) is 0 Å². The zero-order valence-corrected chi connectivity index (χ0v) is 18.4. The number of carboxylic acid groups (broad SMARTS) is 1. The van der Waals surface area contributed by atoms with Crippen LogP contribution in [0.1, 0.15) is 24.0 Å². The molecule has 0 saturated carbocycles. The largest absolute Gasteiger partial charge is 0.480 e. The summed E-state index contributed by atoms with van der Waals surface area (Å²) in [5.41, 5.74) is 4.59. The summed E-state index contributed by atoms with van der Waals surface area (Å²) in [6, 6.07) is 15.4. The summed E-state index contributed by atoms with van der Waals surface area (Å²) in [5, 5.41) is 11.7. The van der Waals surface area contributed by atoms with Crippen molar-refractivity contribution in [3.63, 3.8) is 0 Å². The molecule has 2 aromatic rings. The zero-order valence-electron chi connectivity index (χ0n) is 17.6. The number of amides is 2. The van der Waals surface area contributed by atoms with Gasteiger partial charge in [0, 0.05) is 24.3 Å². The van der Waals surface area contributed by atoms with Gasteiger partial charge < -0.3 is 20.1 Å². The summed E-state index contributed by atoms with van der Waals surface area (Å²) in [6.07, 6.45) is 2.22. The van der Waals surface area contributed by atoms with Crippen LogP contribution >= 0.6 is 11.8 Å². The molecule has 0 radical (unpaired) electrons. The topological polar surface area (TPSA) is 95.9 Å². The number of benzene rings is 2. The molecule has 1 saturated heterocycles. The molecule has 4 rings (SSSR count). The zero-order chi connectivity index (χ0) is 22.7. The number of hydrogen-bond donors (Lipinski definition) is 2. The predicted octanol–water partition coefficient (Wildman–Crippen LogP) is 3.46. The number of fused-ring (bicyclic) bond motifs is 3. The molecule has 1 fully saturated rings. The van der Waals surface area contributed by atoms with E-state index in [0.717, 1.165) is 22.3 Å². The van der Waals surface area contributed by atoms with Crippen LogP contribution in [0.3, 0.4) is 0 Å². The quantitative estimate of drug-likeness (QED) is 0.652. The lowest BCUT2D eigenvalue weighted by Gasteiger charge is -2.23. The van der Waals surface area contributed by atoms with E-state index in [4.69, 9.17) is 4.74 Å². The number of carbonyl (C=O) groups excluding carboxylic acids is 2. The third kappa shape index (κ3) is 4.36. The molecule has 1 aliphatic carbocycles. The van der Waals surface area contributed by atoms with Gasteiger partial charge >= 0.3 is 12.1 Å². The van der Waals surface area contributed by atoms with E-state index in [2.05, 4.69) is 29.6 Å². The average molecular weight is 453 g/mol. The molecule has 2 atom stereocenters. The Hall–Kier alpha value is -3.26. The summed E-state index contributed by atoms with van der Waals surface area (Å²) < 4.78 is 5.45. The fourth-order valence-electron chi connectivity index (χ4n) is 4.20. The molecule has 1 heterocycles. The maximum Gasteiger partial charge on any atom is 0.407 e. The molecule has 0 bridgehead atoms. The van der Waals surface area contributed by atoms with Crippen LogP contribution in [-0.4, -0.2) is 58.3 Å². The monoisotopic (exact) mass is 452 g/mol. The number of aliphatic carboxylic acids is 1. The van der Waals surface area contributed by atoms with E-state index in [1.165, 1.54) is 28.8 Å². The maximum absolute atomic E-state index is 12.4. The van der Waals surface area contributed by atoms with Crippen molar-refractivity contribution in [1.29, 1.82) is 0 Å². The van der Waals surface area contributed by atoms with Gasteiger partial charge in [-0.1, -0.05) is 54.6 Å². The van der Waals surface area contributed by atoms with E-state index in [9.17, 15) is 19.5 Å². The first-order chi connectivity index (χ1) is 15.5. The average Bonchev–Trinajstić information content (AvgIpc) is 3.33. The number of nitrogens with one attached hydrogen (secondary N) is 1. The fourth-order valence-corrected chi connectivity index (χ4v) is 5.38. The lowest BCUT2D eigenvalue weighted by molar-refractivity contribution is -0.147. The van der Waals surface area contributed by atoms with Crippen molar-refractivity contribution in [3.05, 3.63) is 71.8 Å². The van der Waals surface area contributed by atoms with E-state index in [-0.39, 0.29) is 30.4 Å². The summed E-state index contributed by atoms with van der Waals surface area (Å²) in [5.74, 6) is -1.05. The normalized spacial score (nSPS) is 19.6. The number of carbonyl (C=O) groups is 3. The van der Waals surface area contributed by atoms with Gasteiger partial charge in [-0.05, 0) is 29.2 Å². The van der Waals surface area contributed by atoms with E-state index in [0.29, 0.717) is 5.75 Å². The van der Waals surface area contributed by atoms with Gasteiger partial charge in [-0.2, -0.15) is 0 Å². The van der Waals surface area contributed by atoms with Crippen molar-refractivity contribution in [1.82, 2.24) is 10.2 Å². The van der Waals surface area contributed by atoms with Crippen LogP contribution in [0.15, 0.2) is 60.7 Å². The van der Waals surface area contributed by atoms with Crippen molar-refractivity contribution in [2.45, 2.75) is 24.3 Å². The van der Waals surface area contributed by atoms with Crippen molar-refractivity contribution in [2.24, 2.45) is 0 Å². The first-order valence-corrected chi connectivity index (χ1v) is 11.4. The highest BCUT2D eigenvalue weighted by molar-refractivity contribution is 8.00. The van der Waals surface area contributed by atoms with Gasteiger partial charge in [-0.25, -0.2) is 9.59 Å². The Morgan fingerprint density at radius 3 is 2.38 bits per heavy atom. The molecule has 1 aliphatic heterocycles. The van der Waals surface area contributed by atoms with Gasteiger partial charge in [-0.15, -0.1) is 11.8 Å². The molecule has 2 aliphatic rings. The lowest BCUT2D eigenvalue weighted by Crippen LogP contribution is -2.44. The standard InChI is InChI=1S/C24H24N2O5S/c1-15-26(21(14-32-15)23(28)29)22(27)11-6-12-25-24(30)31-13-20-18-9-4-2-7-16(18)17-8-3-5-10-19(17)20/h2-11,15,20-21H,12-14H2,1H3,(H,25,30)(H,28,29)/b11-6+. The van der Waals surface area contributed by atoms with Crippen LogP contribution in [-0.2, 0) is 14.3 Å². The highest BCUT2D eigenvalue weighted by Crippen LogP contribution is 2.44. The van der Waals surface area contributed by atoms with Crippen molar-refractivity contribution in [2.75, 3.05) is 18.9 Å². The third-order valence-corrected chi connectivity index (χ3v) is 6.95. The Bertz CT molecular complexity index is 1020. The van der Waals surface area contributed by atoms with Crippen LogP contribution in [0, 0.1) is 0 Å². The number of alkyl carbamates (subject to hydrolysis) is 1. The summed E-state index contributed by atoms with van der Waals surface area (Å²) >= 11 is 1.42. The number of ether oxygens (including phenoxy) is 1. The van der Waals surface area contributed by atoms with Crippen LogP contribution in [0.25, 0.3) is 11.1 Å². The molecule has 2 amide bonds. The summed E-state index contributed by atoms with van der Waals surface area (Å²) in [7, 11) is 0. The second-order valence-electron chi connectivity index (χ2n) is 7.64. The Kier molecular flexibility index (Phi) is 6.50. The Labute approximate surface area is 190 Å². The molecule has 32 heavy (non-hydrogen) atoms. The SMILES string of the molecule is CC1SCC(C(=O)O)N1C(=O)/C=C/CNC(=O)OCC1c2ccccc2-c2ccccc21. The fraction of sp³-hybridized carbons (Fsp3) is 0.292. The highest BCUT2D eigenvalue weighted by atomic mass is 32.2. The smallest absolute Gasteiger partial charge is 0.407 e. The van der Waals surface area contributed by atoms with Gasteiger partial charge in [0.15, 0.2) is 0 Å². The van der Waals surface area contributed by atoms with Crippen molar-refractivity contribution >= 4 is 29.7 Å². The van der Waals surface area contributed by atoms with Crippen LogP contribution < -0.4 is 5.32 Å².